The van der Waals surface area contributed by atoms with E-state index in [4.69, 9.17) is 0 Å². The summed E-state index contributed by atoms with van der Waals surface area (Å²) in [6.45, 7) is 7.56. The van der Waals surface area contributed by atoms with Crippen LogP contribution in [0.4, 0.5) is 0 Å². The number of nitrogens with zero attached hydrogens (tertiary/aromatic N) is 3. The fourth-order valence-electron chi connectivity index (χ4n) is 2.03. The molecule has 0 bridgehead atoms. The van der Waals surface area contributed by atoms with Crippen LogP contribution in [-0.4, -0.2) is 34.5 Å². The van der Waals surface area contributed by atoms with Crippen LogP contribution in [0.25, 0.3) is 5.57 Å². The van der Waals surface area contributed by atoms with E-state index >= 15 is 0 Å². The molecule has 0 amide bonds. The minimum Gasteiger partial charge on any atom is -0.299 e. The molecule has 91 valence electrons. The first-order valence-electron chi connectivity index (χ1n) is 5.83. The summed E-state index contributed by atoms with van der Waals surface area (Å²) in [6.07, 6.45) is 6.87. The Labute approximate surface area is 111 Å². The summed E-state index contributed by atoms with van der Waals surface area (Å²) in [5.74, 6) is 1.46. The Bertz CT molecular complexity index is 415. The SMILES string of the molecule is C[C](C)CN1CC=C(c2cncc(Br)n2)CC1. The quantitative estimate of drug-likeness (QED) is 0.858. The molecule has 1 aliphatic rings. The number of halogens is 1. The Kier molecular flexibility index (Phi) is 4.29. The molecule has 0 aromatic carbocycles. The molecular formula is C13H17BrN3. The van der Waals surface area contributed by atoms with Gasteiger partial charge in [-0.3, -0.25) is 9.88 Å². The summed E-state index contributed by atoms with van der Waals surface area (Å²) in [6, 6.07) is 0. The third-order valence-corrected chi connectivity index (χ3v) is 3.15. The Morgan fingerprint density at radius 1 is 1.41 bits per heavy atom. The van der Waals surface area contributed by atoms with E-state index in [1.165, 1.54) is 11.5 Å². The van der Waals surface area contributed by atoms with Crippen molar-refractivity contribution in [3.05, 3.63) is 34.7 Å². The lowest BCUT2D eigenvalue weighted by Crippen LogP contribution is -2.31. The molecule has 3 nitrogen and oxygen atoms in total. The molecule has 1 aromatic rings. The van der Waals surface area contributed by atoms with Crippen molar-refractivity contribution >= 4 is 21.5 Å². The van der Waals surface area contributed by atoms with Gasteiger partial charge in [0.15, 0.2) is 0 Å². The standard InChI is InChI=1S/C13H17BrN3/c1-10(2)9-17-5-3-11(4-6-17)12-7-15-8-13(14)16-12/h3,7-8H,4-6,9H2,1-2H3. The van der Waals surface area contributed by atoms with Gasteiger partial charge in [-0.2, -0.15) is 0 Å². The monoisotopic (exact) mass is 294 g/mol. The van der Waals surface area contributed by atoms with Gasteiger partial charge in [0, 0.05) is 19.6 Å². The van der Waals surface area contributed by atoms with Gasteiger partial charge < -0.3 is 0 Å². The van der Waals surface area contributed by atoms with Gasteiger partial charge in [0.05, 0.1) is 18.1 Å². The minimum atomic E-state index is 0.802. The molecule has 2 heterocycles. The van der Waals surface area contributed by atoms with Crippen LogP contribution in [0.5, 0.6) is 0 Å². The van der Waals surface area contributed by atoms with Crippen LogP contribution in [0.15, 0.2) is 23.1 Å². The predicted octanol–water partition coefficient (Wildman–Crippen LogP) is 2.94. The fraction of sp³-hybridized carbons (Fsp3) is 0.462. The number of hydrogen-bond acceptors (Lipinski definition) is 3. The van der Waals surface area contributed by atoms with E-state index in [1.54, 1.807) is 6.20 Å². The second-order valence-corrected chi connectivity index (χ2v) is 5.46. The summed E-state index contributed by atoms with van der Waals surface area (Å²) in [7, 11) is 0. The average molecular weight is 295 g/mol. The van der Waals surface area contributed by atoms with Gasteiger partial charge in [-0.15, -0.1) is 0 Å². The van der Waals surface area contributed by atoms with Crippen molar-refractivity contribution in [1.29, 1.82) is 0 Å². The Morgan fingerprint density at radius 3 is 2.82 bits per heavy atom. The van der Waals surface area contributed by atoms with Crippen LogP contribution in [0.2, 0.25) is 0 Å². The van der Waals surface area contributed by atoms with Crippen LogP contribution >= 0.6 is 15.9 Å². The average Bonchev–Trinajstić information content (AvgIpc) is 2.29. The topological polar surface area (TPSA) is 29.0 Å². The van der Waals surface area contributed by atoms with Crippen molar-refractivity contribution in [2.75, 3.05) is 19.6 Å². The maximum absolute atomic E-state index is 4.44. The summed E-state index contributed by atoms with van der Waals surface area (Å²) >= 11 is 3.36. The van der Waals surface area contributed by atoms with E-state index in [1.807, 2.05) is 6.20 Å². The van der Waals surface area contributed by atoms with E-state index in [0.29, 0.717) is 0 Å². The first kappa shape index (κ1) is 12.7. The van der Waals surface area contributed by atoms with Crippen LogP contribution in [0.1, 0.15) is 26.0 Å². The van der Waals surface area contributed by atoms with Crippen molar-refractivity contribution in [3.8, 4) is 0 Å². The summed E-state index contributed by atoms with van der Waals surface area (Å²) in [4.78, 5) is 11.1. The maximum atomic E-state index is 4.44. The molecule has 0 atom stereocenters. The highest BCUT2D eigenvalue weighted by atomic mass is 79.9. The van der Waals surface area contributed by atoms with Crippen LogP contribution < -0.4 is 0 Å². The largest absolute Gasteiger partial charge is 0.299 e. The molecule has 0 spiro atoms. The fourth-order valence-corrected chi connectivity index (χ4v) is 2.34. The van der Waals surface area contributed by atoms with Gasteiger partial charge in [0.2, 0.25) is 0 Å². The smallest absolute Gasteiger partial charge is 0.125 e. The van der Waals surface area contributed by atoms with E-state index in [-0.39, 0.29) is 0 Å². The number of rotatable bonds is 3. The molecule has 0 N–H and O–H groups in total. The van der Waals surface area contributed by atoms with Gasteiger partial charge in [0.1, 0.15) is 4.60 Å². The Balaban J connectivity index is 2.03. The molecule has 17 heavy (non-hydrogen) atoms. The van der Waals surface area contributed by atoms with E-state index in [0.717, 1.165) is 36.4 Å². The highest BCUT2D eigenvalue weighted by Crippen LogP contribution is 2.21. The number of hydrogen-bond donors (Lipinski definition) is 0. The molecule has 2 rings (SSSR count). The highest BCUT2D eigenvalue weighted by molar-refractivity contribution is 9.10. The Hall–Kier alpha value is -0.740. The Morgan fingerprint density at radius 2 is 2.24 bits per heavy atom. The lowest BCUT2D eigenvalue weighted by atomic mass is 10.0. The van der Waals surface area contributed by atoms with Gasteiger partial charge in [-0.25, -0.2) is 4.98 Å². The third kappa shape index (κ3) is 3.61. The van der Waals surface area contributed by atoms with E-state index < -0.39 is 0 Å². The first-order chi connectivity index (χ1) is 8.15. The van der Waals surface area contributed by atoms with E-state index in [2.05, 4.69) is 50.7 Å². The number of aromatic nitrogens is 2. The van der Waals surface area contributed by atoms with Gasteiger partial charge in [0.25, 0.3) is 0 Å². The van der Waals surface area contributed by atoms with Crippen molar-refractivity contribution in [2.45, 2.75) is 20.3 Å². The van der Waals surface area contributed by atoms with Gasteiger partial charge >= 0.3 is 0 Å². The lowest BCUT2D eigenvalue weighted by Gasteiger charge is -2.27. The van der Waals surface area contributed by atoms with Crippen LogP contribution in [0, 0.1) is 5.92 Å². The normalized spacial score (nSPS) is 17.3. The molecule has 0 aliphatic carbocycles. The highest BCUT2D eigenvalue weighted by Gasteiger charge is 2.14. The molecule has 0 saturated carbocycles. The van der Waals surface area contributed by atoms with Crippen molar-refractivity contribution in [2.24, 2.45) is 0 Å². The van der Waals surface area contributed by atoms with Gasteiger partial charge in [-0.1, -0.05) is 19.9 Å². The summed E-state index contributed by atoms with van der Waals surface area (Å²) in [5.41, 5.74) is 2.31. The van der Waals surface area contributed by atoms with Gasteiger partial charge in [-0.05, 0) is 33.8 Å². The van der Waals surface area contributed by atoms with Crippen LogP contribution in [0.3, 0.4) is 0 Å². The predicted molar refractivity (Wildman–Crippen MR) is 73.4 cm³/mol. The molecule has 4 heteroatoms. The van der Waals surface area contributed by atoms with E-state index in [9.17, 15) is 0 Å². The summed E-state index contributed by atoms with van der Waals surface area (Å²) < 4.78 is 0.802. The maximum Gasteiger partial charge on any atom is 0.125 e. The lowest BCUT2D eigenvalue weighted by molar-refractivity contribution is 0.313. The van der Waals surface area contributed by atoms with Crippen molar-refractivity contribution < 1.29 is 0 Å². The zero-order valence-corrected chi connectivity index (χ0v) is 11.9. The van der Waals surface area contributed by atoms with Crippen LogP contribution in [-0.2, 0) is 0 Å². The second-order valence-electron chi connectivity index (χ2n) is 4.65. The molecule has 1 aliphatic heterocycles. The second kappa shape index (κ2) is 5.74. The zero-order chi connectivity index (χ0) is 12.3. The molecule has 1 aromatic heterocycles. The summed E-state index contributed by atoms with van der Waals surface area (Å²) in [5, 5.41) is 0. The minimum absolute atomic E-state index is 0.802. The molecule has 0 unspecified atom stereocenters. The van der Waals surface area contributed by atoms with Crippen molar-refractivity contribution in [1.82, 2.24) is 14.9 Å². The molecule has 1 radical (unpaired) electrons. The molecule has 0 fully saturated rings. The zero-order valence-electron chi connectivity index (χ0n) is 10.3. The molecular weight excluding hydrogens is 278 g/mol. The van der Waals surface area contributed by atoms with Crippen molar-refractivity contribution in [3.63, 3.8) is 0 Å². The third-order valence-electron chi connectivity index (χ3n) is 2.77. The molecule has 0 saturated heterocycles. The first-order valence-corrected chi connectivity index (χ1v) is 6.63.